The van der Waals surface area contributed by atoms with Crippen LogP contribution in [0.25, 0.3) is 0 Å². The van der Waals surface area contributed by atoms with Crippen LogP contribution in [0.1, 0.15) is 5.76 Å². The van der Waals surface area contributed by atoms with E-state index < -0.39 is 0 Å². The molecule has 2 heterocycles. The third-order valence-electron chi connectivity index (χ3n) is 2.26. The number of carbonyl (C=O) groups is 1. The van der Waals surface area contributed by atoms with Gasteiger partial charge in [-0.15, -0.1) is 16.8 Å². The minimum atomic E-state index is -0.0579. The summed E-state index contributed by atoms with van der Waals surface area (Å²) < 4.78 is 7.10. The molecule has 0 radical (unpaired) electrons. The zero-order valence-electron chi connectivity index (χ0n) is 10.3. The molecule has 0 aliphatic carbocycles. The fourth-order valence-electron chi connectivity index (χ4n) is 1.40. The van der Waals surface area contributed by atoms with Crippen LogP contribution in [0.15, 0.2) is 47.0 Å². The molecule has 0 aliphatic heterocycles. The van der Waals surface area contributed by atoms with Crippen molar-refractivity contribution in [2.24, 2.45) is 0 Å². The summed E-state index contributed by atoms with van der Waals surface area (Å²) in [5.41, 5.74) is 0. The van der Waals surface area contributed by atoms with Crippen LogP contribution in [-0.2, 0) is 11.3 Å². The Bertz CT molecular complexity index is 536. The first kappa shape index (κ1) is 13.4. The summed E-state index contributed by atoms with van der Waals surface area (Å²) in [6, 6.07) is 3.71. The van der Waals surface area contributed by atoms with Gasteiger partial charge in [-0.25, -0.2) is 0 Å². The van der Waals surface area contributed by atoms with E-state index in [1.807, 2.05) is 16.7 Å². The lowest BCUT2D eigenvalue weighted by Crippen LogP contribution is -2.25. The van der Waals surface area contributed by atoms with Gasteiger partial charge in [0.05, 0.1) is 18.6 Å². The van der Waals surface area contributed by atoms with Crippen LogP contribution >= 0.6 is 11.8 Å². The number of nitrogens with one attached hydrogen (secondary N) is 1. The van der Waals surface area contributed by atoms with Crippen molar-refractivity contribution in [3.63, 3.8) is 0 Å². The number of hydrogen-bond donors (Lipinski definition) is 1. The van der Waals surface area contributed by atoms with E-state index in [1.54, 1.807) is 18.7 Å². The maximum absolute atomic E-state index is 11.5. The largest absolute Gasteiger partial charge is 0.467 e. The molecule has 2 rings (SSSR count). The van der Waals surface area contributed by atoms with Gasteiger partial charge in [0.2, 0.25) is 5.91 Å². The fraction of sp³-hybridized carbons (Fsp3) is 0.250. The van der Waals surface area contributed by atoms with E-state index in [1.165, 1.54) is 11.8 Å². The number of hydrogen-bond acceptors (Lipinski definition) is 5. The molecule has 0 spiro atoms. The lowest BCUT2D eigenvalue weighted by Gasteiger charge is -2.04. The molecule has 2 aromatic rings. The molecule has 0 saturated heterocycles. The average molecular weight is 278 g/mol. The molecule has 1 N–H and O–H groups in total. The summed E-state index contributed by atoms with van der Waals surface area (Å²) in [7, 11) is 0. The molecule has 2 aromatic heterocycles. The molecule has 6 nitrogen and oxygen atoms in total. The molecule has 0 aliphatic rings. The van der Waals surface area contributed by atoms with E-state index >= 15 is 0 Å². The minimum Gasteiger partial charge on any atom is -0.467 e. The van der Waals surface area contributed by atoms with Gasteiger partial charge in [-0.1, -0.05) is 17.8 Å². The molecule has 0 fully saturated rings. The van der Waals surface area contributed by atoms with Gasteiger partial charge < -0.3 is 14.3 Å². The van der Waals surface area contributed by atoms with Gasteiger partial charge in [0.25, 0.3) is 0 Å². The standard InChI is InChI=1S/C12H14N4O2S/c1-2-5-13-11(17)8-19-12-15-14-9-16(12)7-10-4-3-6-18-10/h2-4,6,9H,1,5,7-8H2,(H,13,17). The summed E-state index contributed by atoms with van der Waals surface area (Å²) in [6.45, 7) is 4.56. The summed E-state index contributed by atoms with van der Waals surface area (Å²) >= 11 is 1.34. The highest BCUT2D eigenvalue weighted by Crippen LogP contribution is 2.16. The van der Waals surface area contributed by atoms with Gasteiger partial charge in [0, 0.05) is 6.54 Å². The molecular formula is C12H14N4O2S. The number of thioether (sulfide) groups is 1. The van der Waals surface area contributed by atoms with Crippen molar-refractivity contribution in [1.29, 1.82) is 0 Å². The van der Waals surface area contributed by atoms with Crippen molar-refractivity contribution >= 4 is 17.7 Å². The van der Waals surface area contributed by atoms with Crippen LogP contribution in [0.5, 0.6) is 0 Å². The lowest BCUT2D eigenvalue weighted by atomic mass is 10.4. The second-order valence-electron chi connectivity index (χ2n) is 3.70. The zero-order chi connectivity index (χ0) is 13.5. The van der Waals surface area contributed by atoms with E-state index in [4.69, 9.17) is 4.42 Å². The number of furan rings is 1. The maximum atomic E-state index is 11.5. The Morgan fingerprint density at radius 2 is 2.53 bits per heavy atom. The van der Waals surface area contributed by atoms with Crippen LogP contribution in [0.2, 0.25) is 0 Å². The Morgan fingerprint density at radius 3 is 3.26 bits per heavy atom. The Kier molecular flexibility index (Phi) is 4.79. The van der Waals surface area contributed by atoms with Crippen molar-refractivity contribution < 1.29 is 9.21 Å². The van der Waals surface area contributed by atoms with Crippen molar-refractivity contribution in [2.75, 3.05) is 12.3 Å². The van der Waals surface area contributed by atoms with E-state index in [0.29, 0.717) is 24.0 Å². The van der Waals surface area contributed by atoms with Gasteiger partial charge in [0.15, 0.2) is 5.16 Å². The topological polar surface area (TPSA) is 73.0 Å². The summed E-state index contributed by atoms with van der Waals surface area (Å²) in [5, 5.41) is 11.2. The number of rotatable bonds is 7. The number of amides is 1. The SMILES string of the molecule is C=CCNC(=O)CSc1nncn1Cc1ccco1. The molecular weight excluding hydrogens is 264 g/mol. The Labute approximate surface area is 114 Å². The number of nitrogens with zero attached hydrogens (tertiary/aromatic N) is 3. The summed E-state index contributed by atoms with van der Waals surface area (Å²) in [4.78, 5) is 11.5. The van der Waals surface area contributed by atoms with Crippen molar-refractivity contribution in [1.82, 2.24) is 20.1 Å². The van der Waals surface area contributed by atoms with Crippen LogP contribution in [-0.4, -0.2) is 33.0 Å². The van der Waals surface area contributed by atoms with Crippen LogP contribution in [0.4, 0.5) is 0 Å². The first-order chi connectivity index (χ1) is 9.29. The summed E-state index contributed by atoms with van der Waals surface area (Å²) in [5.74, 6) is 1.06. The highest BCUT2D eigenvalue weighted by atomic mass is 32.2. The molecule has 1 amide bonds. The molecule has 0 aromatic carbocycles. The predicted molar refractivity (Wildman–Crippen MR) is 71.8 cm³/mol. The van der Waals surface area contributed by atoms with Gasteiger partial charge in [0.1, 0.15) is 12.1 Å². The van der Waals surface area contributed by atoms with E-state index in [0.717, 1.165) is 5.76 Å². The Balaban J connectivity index is 1.89. The molecule has 0 atom stereocenters. The van der Waals surface area contributed by atoms with Crippen LogP contribution < -0.4 is 5.32 Å². The van der Waals surface area contributed by atoms with Gasteiger partial charge in [-0.05, 0) is 12.1 Å². The van der Waals surface area contributed by atoms with Gasteiger partial charge in [-0.2, -0.15) is 0 Å². The molecule has 100 valence electrons. The van der Waals surface area contributed by atoms with Crippen LogP contribution in [0.3, 0.4) is 0 Å². The van der Waals surface area contributed by atoms with Crippen LogP contribution in [0, 0.1) is 0 Å². The monoisotopic (exact) mass is 278 g/mol. The zero-order valence-corrected chi connectivity index (χ0v) is 11.1. The summed E-state index contributed by atoms with van der Waals surface area (Å²) in [6.07, 6.45) is 4.88. The van der Waals surface area contributed by atoms with Crippen molar-refractivity contribution in [2.45, 2.75) is 11.7 Å². The minimum absolute atomic E-state index is 0.0579. The number of aromatic nitrogens is 3. The molecule has 0 saturated carbocycles. The normalized spacial score (nSPS) is 10.3. The first-order valence-electron chi connectivity index (χ1n) is 5.70. The Morgan fingerprint density at radius 1 is 1.63 bits per heavy atom. The Hall–Kier alpha value is -2.02. The van der Waals surface area contributed by atoms with Gasteiger partial charge >= 0.3 is 0 Å². The molecule has 0 bridgehead atoms. The predicted octanol–water partition coefficient (Wildman–Crippen LogP) is 1.31. The second-order valence-corrected chi connectivity index (χ2v) is 4.64. The molecule has 19 heavy (non-hydrogen) atoms. The van der Waals surface area contributed by atoms with Crippen molar-refractivity contribution in [3.05, 3.63) is 43.1 Å². The first-order valence-corrected chi connectivity index (χ1v) is 6.68. The quantitative estimate of drug-likeness (QED) is 0.610. The molecule has 0 unspecified atom stereocenters. The second kappa shape index (κ2) is 6.79. The third kappa shape index (κ3) is 3.99. The van der Waals surface area contributed by atoms with E-state index in [-0.39, 0.29) is 5.91 Å². The fourth-order valence-corrected chi connectivity index (χ4v) is 2.15. The van der Waals surface area contributed by atoms with E-state index in [2.05, 4.69) is 22.1 Å². The number of carbonyl (C=O) groups excluding carboxylic acids is 1. The molecule has 7 heteroatoms. The smallest absolute Gasteiger partial charge is 0.230 e. The lowest BCUT2D eigenvalue weighted by molar-refractivity contribution is -0.118. The van der Waals surface area contributed by atoms with Crippen molar-refractivity contribution in [3.8, 4) is 0 Å². The highest BCUT2D eigenvalue weighted by Gasteiger charge is 2.09. The van der Waals surface area contributed by atoms with E-state index in [9.17, 15) is 4.79 Å². The third-order valence-corrected chi connectivity index (χ3v) is 3.24. The maximum Gasteiger partial charge on any atom is 0.230 e. The van der Waals surface area contributed by atoms with Gasteiger partial charge in [-0.3, -0.25) is 4.79 Å². The highest BCUT2D eigenvalue weighted by molar-refractivity contribution is 7.99. The average Bonchev–Trinajstić information content (AvgIpc) is 3.06.